The van der Waals surface area contributed by atoms with Crippen molar-refractivity contribution in [3.05, 3.63) is 112 Å². The summed E-state index contributed by atoms with van der Waals surface area (Å²) in [4.78, 5) is 5.22. The number of aliphatic imine (C=N–C) groups is 1. The molecule has 2 atom stereocenters. The highest BCUT2D eigenvalue weighted by Crippen LogP contribution is 2.55. The Balaban J connectivity index is 1.68. The topological polar surface area (TPSA) is 12.4 Å². The van der Waals surface area contributed by atoms with Crippen molar-refractivity contribution in [1.29, 1.82) is 0 Å². The highest BCUT2D eigenvalue weighted by atomic mass is 14.8. The van der Waals surface area contributed by atoms with Crippen molar-refractivity contribution < 1.29 is 0 Å². The lowest BCUT2D eigenvalue weighted by atomic mass is 9.65. The van der Waals surface area contributed by atoms with E-state index in [1.807, 2.05) is 0 Å². The van der Waals surface area contributed by atoms with Gasteiger partial charge in [-0.3, -0.25) is 4.99 Å². The molecular weight excluding hydrogens is 338 g/mol. The van der Waals surface area contributed by atoms with E-state index < -0.39 is 0 Å². The number of rotatable bonds is 0. The maximum Gasteiger partial charge on any atom is 0.0671 e. The summed E-state index contributed by atoms with van der Waals surface area (Å²) in [6.07, 6.45) is 1.03. The van der Waals surface area contributed by atoms with Crippen LogP contribution >= 0.6 is 0 Å². The lowest BCUT2D eigenvalue weighted by molar-refractivity contribution is 0.903. The zero-order valence-electron chi connectivity index (χ0n) is 15.7. The highest BCUT2D eigenvalue weighted by Gasteiger charge is 2.43. The average molecular weight is 357 g/mol. The minimum absolute atomic E-state index is 0.273. The van der Waals surface area contributed by atoms with E-state index in [1.54, 1.807) is 0 Å². The molecule has 7 rings (SSSR count). The predicted molar refractivity (Wildman–Crippen MR) is 115 cm³/mol. The maximum atomic E-state index is 5.22. The summed E-state index contributed by atoms with van der Waals surface area (Å²) < 4.78 is 0. The van der Waals surface area contributed by atoms with Crippen molar-refractivity contribution in [3.63, 3.8) is 0 Å². The molecule has 1 aliphatic heterocycles. The van der Waals surface area contributed by atoms with Crippen LogP contribution in [-0.4, -0.2) is 5.71 Å². The lowest BCUT2D eigenvalue weighted by Gasteiger charge is -2.37. The van der Waals surface area contributed by atoms with Gasteiger partial charge in [-0.15, -0.1) is 0 Å². The van der Waals surface area contributed by atoms with Crippen LogP contribution in [0.5, 0.6) is 0 Å². The summed E-state index contributed by atoms with van der Waals surface area (Å²) >= 11 is 0. The smallest absolute Gasteiger partial charge is 0.0671 e. The van der Waals surface area contributed by atoms with E-state index in [0.717, 1.165) is 12.1 Å². The molecule has 1 nitrogen and oxygen atoms in total. The van der Waals surface area contributed by atoms with Gasteiger partial charge in [0.2, 0.25) is 0 Å². The second-order valence-corrected chi connectivity index (χ2v) is 8.37. The van der Waals surface area contributed by atoms with E-state index in [4.69, 9.17) is 4.99 Å². The van der Waals surface area contributed by atoms with E-state index in [1.165, 1.54) is 55.4 Å². The van der Waals surface area contributed by atoms with Gasteiger partial charge >= 0.3 is 0 Å². The zero-order valence-corrected chi connectivity index (χ0v) is 15.7. The van der Waals surface area contributed by atoms with Gasteiger partial charge in [-0.1, -0.05) is 66.7 Å². The molecule has 132 valence electrons. The fourth-order valence-electron chi connectivity index (χ4n) is 5.89. The van der Waals surface area contributed by atoms with Gasteiger partial charge in [0.15, 0.2) is 0 Å². The van der Waals surface area contributed by atoms with Crippen molar-refractivity contribution in [2.45, 2.75) is 25.2 Å². The molecule has 0 spiro atoms. The van der Waals surface area contributed by atoms with Crippen LogP contribution in [0.4, 0.5) is 5.69 Å². The van der Waals surface area contributed by atoms with E-state index in [2.05, 4.69) is 79.7 Å². The van der Waals surface area contributed by atoms with E-state index in [0.29, 0.717) is 0 Å². The Morgan fingerprint density at radius 2 is 1.54 bits per heavy atom. The third-order valence-electron chi connectivity index (χ3n) is 6.96. The molecule has 1 heteroatoms. The van der Waals surface area contributed by atoms with Crippen LogP contribution in [0.25, 0.3) is 10.8 Å². The summed E-state index contributed by atoms with van der Waals surface area (Å²) in [7, 11) is 0. The van der Waals surface area contributed by atoms with Crippen molar-refractivity contribution in [3.8, 4) is 0 Å². The minimum atomic E-state index is 0.273. The summed E-state index contributed by atoms with van der Waals surface area (Å²) in [6, 6.07) is 27.0. The average Bonchev–Trinajstić information content (AvgIpc) is 3.12. The van der Waals surface area contributed by atoms with E-state index in [-0.39, 0.29) is 11.8 Å². The molecule has 0 N–H and O–H groups in total. The number of fused-ring (bicyclic) bond motifs is 7. The van der Waals surface area contributed by atoms with E-state index in [9.17, 15) is 0 Å². The number of aryl methyl sites for hydroxylation is 1. The molecule has 2 unspecified atom stereocenters. The quantitative estimate of drug-likeness (QED) is 0.344. The maximum absolute atomic E-state index is 5.22. The lowest BCUT2D eigenvalue weighted by Crippen LogP contribution is -2.29. The van der Waals surface area contributed by atoms with Gasteiger partial charge in [0, 0.05) is 11.6 Å². The van der Waals surface area contributed by atoms with Crippen molar-refractivity contribution >= 4 is 22.2 Å². The highest BCUT2D eigenvalue weighted by molar-refractivity contribution is 6.15. The minimum Gasteiger partial charge on any atom is -0.256 e. The fraction of sp³-hybridized carbons (Fsp3) is 0.148. The van der Waals surface area contributed by atoms with E-state index >= 15 is 0 Å². The van der Waals surface area contributed by atoms with Gasteiger partial charge in [-0.2, -0.15) is 0 Å². The van der Waals surface area contributed by atoms with Crippen LogP contribution in [0, 0.1) is 6.92 Å². The number of nitrogens with zero attached hydrogens (tertiary/aromatic N) is 1. The first-order valence-corrected chi connectivity index (χ1v) is 10.1. The number of para-hydroxylation sites is 1. The summed E-state index contributed by atoms with van der Waals surface area (Å²) in [6.45, 7) is 2.26. The molecule has 3 aliphatic rings. The molecule has 0 saturated heterocycles. The van der Waals surface area contributed by atoms with Crippen molar-refractivity contribution in [2.24, 2.45) is 4.99 Å². The standard InChI is InChI=1S/C27H19N/c1-15-13-17-14-16-7-2-3-8-19(16)26-23(17)24-18(15)10-6-11-21(24)25-20-9-4-5-12-22(20)28-27(25)26/h2-13,25-26H,14H2,1H3. The largest absolute Gasteiger partial charge is 0.256 e. The van der Waals surface area contributed by atoms with Crippen LogP contribution in [0.15, 0.2) is 77.8 Å². The van der Waals surface area contributed by atoms with Gasteiger partial charge in [-0.25, -0.2) is 0 Å². The number of hydrogen-bond donors (Lipinski definition) is 0. The molecule has 0 aromatic heterocycles. The van der Waals surface area contributed by atoms with Gasteiger partial charge in [0.1, 0.15) is 0 Å². The summed E-state index contributed by atoms with van der Waals surface area (Å²) in [5, 5.41) is 2.89. The zero-order chi connectivity index (χ0) is 18.4. The predicted octanol–water partition coefficient (Wildman–Crippen LogP) is 6.42. The third kappa shape index (κ3) is 1.66. The number of benzene rings is 4. The van der Waals surface area contributed by atoms with Crippen LogP contribution < -0.4 is 0 Å². The van der Waals surface area contributed by atoms with Crippen LogP contribution in [0.2, 0.25) is 0 Å². The van der Waals surface area contributed by atoms with Gasteiger partial charge in [0.05, 0.1) is 11.6 Å². The number of hydrogen-bond acceptors (Lipinski definition) is 1. The first-order chi connectivity index (χ1) is 13.8. The molecule has 0 bridgehead atoms. The Hall–Kier alpha value is -3.19. The monoisotopic (exact) mass is 357 g/mol. The van der Waals surface area contributed by atoms with Crippen LogP contribution in [-0.2, 0) is 6.42 Å². The first-order valence-electron chi connectivity index (χ1n) is 10.1. The second-order valence-electron chi connectivity index (χ2n) is 8.37. The summed E-state index contributed by atoms with van der Waals surface area (Å²) in [5.41, 5.74) is 12.6. The van der Waals surface area contributed by atoms with Crippen molar-refractivity contribution in [2.75, 3.05) is 0 Å². The second kappa shape index (κ2) is 4.99. The van der Waals surface area contributed by atoms with Gasteiger partial charge in [-0.05, 0) is 69.1 Å². The fourth-order valence-corrected chi connectivity index (χ4v) is 5.89. The molecule has 1 heterocycles. The Labute approximate surface area is 164 Å². The normalized spacial score (nSPS) is 20.4. The summed E-state index contributed by atoms with van der Waals surface area (Å²) in [5.74, 6) is 0.550. The Kier molecular flexibility index (Phi) is 2.64. The van der Waals surface area contributed by atoms with Crippen LogP contribution in [0.3, 0.4) is 0 Å². The molecule has 0 amide bonds. The molecule has 28 heavy (non-hydrogen) atoms. The Morgan fingerprint density at radius 3 is 2.46 bits per heavy atom. The molecule has 0 radical (unpaired) electrons. The SMILES string of the molecule is Cc1cc2c3c4c(cccc14)C1C(=Nc4ccccc41)C3c1ccccc1C2. The van der Waals surface area contributed by atoms with Gasteiger partial charge in [0.25, 0.3) is 0 Å². The Morgan fingerprint density at radius 1 is 0.750 bits per heavy atom. The first kappa shape index (κ1) is 14.8. The molecule has 0 fully saturated rings. The molecular formula is C27H19N. The molecule has 4 aromatic carbocycles. The molecule has 0 saturated carbocycles. The Bertz CT molecular complexity index is 1360. The third-order valence-corrected chi connectivity index (χ3v) is 6.96. The molecule has 2 aliphatic carbocycles. The molecule has 4 aromatic rings. The van der Waals surface area contributed by atoms with Gasteiger partial charge < -0.3 is 0 Å². The van der Waals surface area contributed by atoms with Crippen LogP contribution in [0.1, 0.15) is 50.8 Å². The van der Waals surface area contributed by atoms with Crippen molar-refractivity contribution in [1.82, 2.24) is 0 Å².